The number of nitrogens with zero attached hydrogens (tertiary/aromatic N) is 2. The van der Waals surface area contributed by atoms with Crippen LogP contribution in [0, 0.1) is 0 Å². The average molecular weight is 329 g/mol. The molecule has 1 heterocycles. The van der Waals surface area contributed by atoms with Crippen molar-refractivity contribution in [2.75, 3.05) is 6.61 Å². The number of rotatable bonds is 8. The van der Waals surface area contributed by atoms with Crippen molar-refractivity contribution in [1.82, 2.24) is 9.97 Å². The summed E-state index contributed by atoms with van der Waals surface area (Å²) in [6, 6.07) is 0. The zero-order chi connectivity index (χ0) is 14.3. The average Bonchev–Trinajstić information content (AvgIpc) is 2.45. The SMILES string of the molecule is CCCc1nc(C(CC)(CC)OCC)ncc1CBr. The minimum atomic E-state index is -0.331. The van der Waals surface area contributed by atoms with Crippen molar-refractivity contribution in [3.8, 4) is 0 Å². The van der Waals surface area contributed by atoms with Gasteiger partial charge in [-0.3, -0.25) is 0 Å². The van der Waals surface area contributed by atoms with Gasteiger partial charge in [0.15, 0.2) is 5.82 Å². The first-order valence-corrected chi connectivity index (χ1v) is 8.34. The number of aromatic nitrogens is 2. The first-order valence-electron chi connectivity index (χ1n) is 7.22. The fourth-order valence-electron chi connectivity index (χ4n) is 2.34. The minimum Gasteiger partial charge on any atom is -0.367 e. The molecular formula is C15H25BrN2O. The summed E-state index contributed by atoms with van der Waals surface area (Å²) in [6.07, 6.45) is 5.83. The predicted molar refractivity (Wildman–Crippen MR) is 82.5 cm³/mol. The van der Waals surface area contributed by atoms with Crippen molar-refractivity contribution in [2.24, 2.45) is 0 Å². The highest BCUT2D eigenvalue weighted by Gasteiger charge is 2.32. The molecule has 4 heteroatoms. The Kier molecular flexibility index (Phi) is 6.94. The molecule has 19 heavy (non-hydrogen) atoms. The van der Waals surface area contributed by atoms with Crippen molar-refractivity contribution >= 4 is 15.9 Å². The van der Waals surface area contributed by atoms with Gasteiger partial charge < -0.3 is 4.74 Å². The molecule has 0 N–H and O–H groups in total. The molecule has 0 atom stereocenters. The molecule has 0 aliphatic rings. The van der Waals surface area contributed by atoms with Crippen LogP contribution in [-0.2, 0) is 22.1 Å². The molecule has 0 fully saturated rings. The number of alkyl halides is 1. The monoisotopic (exact) mass is 328 g/mol. The number of hydrogen-bond acceptors (Lipinski definition) is 3. The summed E-state index contributed by atoms with van der Waals surface area (Å²) >= 11 is 3.51. The van der Waals surface area contributed by atoms with E-state index in [1.807, 2.05) is 13.1 Å². The van der Waals surface area contributed by atoms with Gasteiger partial charge in [-0.1, -0.05) is 43.1 Å². The Morgan fingerprint density at radius 3 is 2.37 bits per heavy atom. The predicted octanol–water partition coefficient (Wildman–Crippen LogP) is 4.38. The third kappa shape index (κ3) is 3.76. The van der Waals surface area contributed by atoms with Gasteiger partial charge in [0.05, 0.1) is 0 Å². The Morgan fingerprint density at radius 2 is 1.89 bits per heavy atom. The summed E-state index contributed by atoms with van der Waals surface area (Å²) in [7, 11) is 0. The van der Waals surface area contributed by atoms with E-state index in [1.165, 1.54) is 5.56 Å². The highest BCUT2D eigenvalue weighted by Crippen LogP contribution is 2.31. The van der Waals surface area contributed by atoms with Crippen LogP contribution >= 0.6 is 15.9 Å². The van der Waals surface area contributed by atoms with Crippen LogP contribution in [0.1, 0.15) is 64.0 Å². The summed E-state index contributed by atoms with van der Waals surface area (Å²) in [6.45, 7) is 9.17. The molecule has 0 radical (unpaired) electrons. The molecule has 0 spiro atoms. The van der Waals surface area contributed by atoms with Crippen LogP contribution in [0.3, 0.4) is 0 Å². The molecular weight excluding hydrogens is 304 g/mol. The maximum Gasteiger partial charge on any atom is 0.160 e. The number of aryl methyl sites for hydroxylation is 1. The van der Waals surface area contributed by atoms with Crippen LogP contribution < -0.4 is 0 Å². The Bertz CT molecular complexity index is 392. The molecule has 0 aliphatic heterocycles. The zero-order valence-electron chi connectivity index (χ0n) is 12.5. The molecule has 0 bridgehead atoms. The second-order valence-electron chi connectivity index (χ2n) is 4.68. The van der Waals surface area contributed by atoms with Crippen molar-refractivity contribution in [3.63, 3.8) is 0 Å². The highest BCUT2D eigenvalue weighted by atomic mass is 79.9. The van der Waals surface area contributed by atoms with Gasteiger partial charge in [-0.2, -0.15) is 0 Å². The first kappa shape index (κ1) is 16.6. The van der Waals surface area contributed by atoms with Crippen LogP contribution in [0.4, 0.5) is 0 Å². The Labute approximate surface area is 125 Å². The molecule has 3 nitrogen and oxygen atoms in total. The molecule has 1 rings (SSSR count). The van der Waals surface area contributed by atoms with Gasteiger partial charge in [-0.25, -0.2) is 9.97 Å². The normalized spacial score (nSPS) is 11.8. The van der Waals surface area contributed by atoms with E-state index in [4.69, 9.17) is 9.72 Å². The molecule has 108 valence electrons. The van der Waals surface area contributed by atoms with E-state index in [9.17, 15) is 0 Å². The molecule has 0 saturated carbocycles. The van der Waals surface area contributed by atoms with E-state index in [0.29, 0.717) is 6.61 Å². The third-order valence-corrected chi connectivity index (χ3v) is 4.16. The molecule has 0 saturated heterocycles. The minimum absolute atomic E-state index is 0.331. The lowest BCUT2D eigenvalue weighted by Gasteiger charge is -2.30. The van der Waals surface area contributed by atoms with Gasteiger partial charge in [0.1, 0.15) is 5.60 Å². The van der Waals surface area contributed by atoms with E-state index >= 15 is 0 Å². The maximum absolute atomic E-state index is 5.98. The Morgan fingerprint density at radius 1 is 1.21 bits per heavy atom. The van der Waals surface area contributed by atoms with Crippen molar-refractivity contribution in [2.45, 2.75) is 64.3 Å². The summed E-state index contributed by atoms with van der Waals surface area (Å²) in [5.41, 5.74) is 2.00. The van der Waals surface area contributed by atoms with E-state index in [0.717, 1.165) is 42.5 Å². The van der Waals surface area contributed by atoms with Gasteiger partial charge in [0.2, 0.25) is 0 Å². The van der Waals surface area contributed by atoms with E-state index < -0.39 is 0 Å². The summed E-state index contributed by atoms with van der Waals surface area (Å²) in [5.74, 6) is 0.840. The standard InChI is InChI=1S/C15H25BrN2O/c1-5-9-13-12(10-16)11-17-14(18-13)15(6-2,7-3)19-8-4/h11H,5-10H2,1-4H3. The Hall–Kier alpha value is -0.480. The number of ether oxygens (including phenoxy) is 1. The van der Waals surface area contributed by atoms with Crippen LogP contribution in [0.2, 0.25) is 0 Å². The second kappa shape index (κ2) is 7.95. The van der Waals surface area contributed by atoms with Gasteiger partial charge >= 0.3 is 0 Å². The van der Waals surface area contributed by atoms with Crippen molar-refractivity contribution in [1.29, 1.82) is 0 Å². The van der Waals surface area contributed by atoms with Gasteiger partial charge in [0.25, 0.3) is 0 Å². The smallest absolute Gasteiger partial charge is 0.160 e. The lowest BCUT2D eigenvalue weighted by molar-refractivity contribution is -0.0573. The molecule has 0 unspecified atom stereocenters. The number of halogens is 1. The van der Waals surface area contributed by atoms with Crippen LogP contribution in [0.15, 0.2) is 6.20 Å². The van der Waals surface area contributed by atoms with E-state index in [-0.39, 0.29) is 5.60 Å². The lowest BCUT2D eigenvalue weighted by atomic mass is 9.95. The molecule has 0 amide bonds. The second-order valence-corrected chi connectivity index (χ2v) is 5.24. The van der Waals surface area contributed by atoms with Crippen molar-refractivity contribution < 1.29 is 4.74 Å². The lowest BCUT2D eigenvalue weighted by Crippen LogP contribution is -2.31. The quantitative estimate of drug-likeness (QED) is 0.664. The summed E-state index contributed by atoms with van der Waals surface area (Å²) in [5, 5.41) is 0.808. The first-order chi connectivity index (χ1) is 9.17. The summed E-state index contributed by atoms with van der Waals surface area (Å²) < 4.78 is 5.98. The molecule has 1 aromatic heterocycles. The topological polar surface area (TPSA) is 35.0 Å². The van der Waals surface area contributed by atoms with Crippen LogP contribution in [0.25, 0.3) is 0 Å². The van der Waals surface area contributed by atoms with Gasteiger partial charge in [-0.05, 0) is 26.2 Å². The fourth-order valence-corrected chi connectivity index (χ4v) is 2.81. The highest BCUT2D eigenvalue weighted by molar-refractivity contribution is 9.08. The third-order valence-electron chi connectivity index (χ3n) is 3.56. The maximum atomic E-state index is 5.98. The molecule has 0 aromatic carbocycles. The Balaban J connectivity index is 3.20. The van der Waals surface area contributed by atoms with E-state index in [1.54, 1.807) is 0 Å². The van der Waals surface area contributed by atoms with Gasteiger partial charge in [0, 0.05) is 29.4 Å². The van der Waals surface area contributed by atoms with Crippen LogP contribution in [-0.4, -0.2) is 16.6 Å². The zero-order valence-corrected chi connectivity index (χ0v) is 14.1. The largest absolute Gasteiger partial charge is 0.367 e. The van der Waals surface area contributed by atoms with Gasteiger partial charge in [-0.15, -0.1) is 0 Å². The molecule has 0 aliphatic carbocycles. The van der Waals surface area contributed by atoms with E-state index in [2.05, 4.69) is 41.7 Å². The number of hydrogen-bond donors (Lipinski definition) is 0. The molecule has 1 aromatic rings. The summed E-state index contributed by atoms with van der Waals surface area (Å²) in [4.78, 5) is 9.36. The van der Waals surface area contributed by atoms with Crippen LogP contribution in [0.5, 0.6) is 0 Å². The fraction of sp³-hybridized carbons (Fsp3) is 0.733. The van der Waals surface area contributed by atoms with Crippen molar-refractivity contribution in [3.05, 3.63) is 23.3 Å².